The number of hydrogen-bond acceptors (Lipinski definition) is 2. The van der Waals surface area contributed by atoms with E-state index in [-0.39, 0.29) is 0 Å². The summed E-state index contributed by atoms with van der Waals surface area (Å²) in [5.41, 5.74) is 5.56. The summed E-state index contributed by atoms with van der Waals surface area (Å²) in [5, 5.41) is 8.45. The van der Waals surface area contributed by atoms with Gasteiger partial charge in [-0.25, -0.2) is 0 Å². The second-order valence-corrected chi connectivity index (χ2v) is 2.90. The van der Waals surface area contributed by atoms with Crippen LogP contribution in [0, 0.1) is 0 Å². The van der Waals surface area contributed by atoms with Crippen molar-refractivity contribution >= 4 is 0 Å². The highest BCUT2D eigenvalue weighted by molar-refractivity contribution is 4.52. The molecule has 0 saturated heterocycles. The predicted octanol–water partition coefficient (Wildman–Crippen LogP) is 1.28. The summed E-state index contributed by atoms with van der Waals surface area (Å²) in [6.07, 6.45) is 5.62. The van der Waals surface area contributed by atoms with E-state index in [2.05, 4.69) is 0 Å². The SMILES string of the molecule is C[C@@H](N)CCCCCCO. The zero-order valence-corrected chi connectivity index (χ0v) is 6.84. The number of unbranched alkanes of at least 4 members (excludes halogenated alkanes) is 3. The summed E-state index contributed by atoms with van der Waals surface area (Å²) < 4.78 is 0. The highest BCUT2D eigenvalue weighted by Crippen LogP contribution is 2.03. The van der Waals surface area contributed by atoms with Crippen LogP contribution in [-0.2, 0) is 0 Å². The molecule has 0 unspecified atom stereocenters. The first-order valence-corrected chi connectivity index (χ1v) is 4.14. The van der Waals surface area contributed by atoms with Crippen molar-refractivity contribution in [1.29, 1.82) is 0 Å². The molecule has 0 aromatic rings. The van der Waals surface area contributed by atoms with Gasteiger partial charge in [-0.2, -0.15) is 0 Å². The van der Waals surface area contributed by atoms with Gasteiger partial charge in [0.2, 0.25) is 0 Å². The van der Waals surface area contributed by atoms with Gasteiger partial charge < -0.3 is 10.8 Å². The Labute approximate surface area is 63.4 Å². The van der Waals surface area contributed by atoms with Gasteiger partial charge in [0.25, 0.3) is 0 Å². The number of nitrogens with two attached hydrogens (primary N) is 1. The topological polar surface area (TPSA) is 46.2 Å². The predicted molar refractivity (Wildman–Crippen MR) is 43.8 cm³/mol. The molecule has 0 saturated carbocycles. The number of aliphatic hydroxyl groups excluding tert-OH is 1. The highest BCUT2D eigenvalue weighted by atomic mass is 16.2. The van der Waals surface area contributed by atoms with Gasteiger partial charge in [0.1, 0.15) is 0 Å². The molecular weight excluding hydrogens is 126 g/mol. The number of rotatable bonds is 6. The number of aliphatic hydroxyl groups is 1. The molecule has 0 aromatic heterocycles. The summed E-state index contributed by atoms with van der Waals surface area (Å²) in [4.78, 5) is 0. The summed E-state index contributed by atoms with van der Waals surface area (Å²) in [7, 11) is 0. The molecule has 2 heteroatoms. The van der Waals surface area contributed by atoms with Crippen molar-refractivity contribution in [3.63, 3.8) is 0 Å². The largest absolute Gasteiger partial charge is 0.396 e. The van der Waals surface area contributed by atoms with Crippen LogP contribution in [0.2, 0.25) is 0 Å². The second-order valence-electron chi connectivity index (χ2n) is 2.90. The lowest BCUT2D eigenvalue weighted by molar-refractivity contribution is 0.282. The van der Waals surface area contributed by atoms with E-state index in [4.69, 9.17) is 10.8 Å². The summed E-state index contributed by atoms with van der Waals surface area (Å²) in [6, 6.07) is 0.342. The van der Waals surface area contributed by atoms with Crippen molar-refractivity contribution < 1.29 is 5.11 Å². The Kier molecular flexibility index (Phi) is 6.98. The van der Waals surface area contributed by atoms with E-state index in [0.29, 0.717) is 12.6 Å². The van der Waals surface area contributed by atoms with Gasteiger partial charge in [-0.1, -0.05) is 19.3 Å². The summed E-state index contributed by atoms with van der Waals surface area (Å²) >= 11 is 0. The molecule has 0 rings (SSSR count). The van der Waals surface area contributed by atoms with Crippen molar-refractivity contribution in [1.82, 2.24) is 0 Å². The lowest BCUT2D eigenvalue weighted by Gasteiger charge is -2.02. The minimum absolute atomic E-state index is 0.332. The smallest absolute Gasteiger partial charge is 0.0431 e. The first-order valence-electron chi connectivity index (χ1n) is 4.14. The molecule has 1 atom stereocenters. The maximum Gasteiger partial charge on any atom is 0.0431 e. The van der Waals surface area contributed by atoms with Gasteiger partial charge in [-0.15, -0.1) is 0 Å². The van der Waals surface area contributed by atoms with Crippen molar-refractivity contribution in [2.24, 2.45) is 5.73 Å². The molecule has 0 heterocycles. The maximum atomic E-state index is 8.45. The van der Waals surface area contributed by atoms with E-state index >= 15 is 0 Å². The van der Waals surface area contributed by atoms with Crippen LogP contribution in [-0.4, -0.2) is 17.8 Å². The Morgan fingerprint density at radius 3 is 2.30 bits per heavy atom. The van der Waals surface area contributed by atoms with Crippen LogP contribution in [0.25, 0.3) is 0 Å². The van der Waals surface area contributed by atoms with Crippen molar-refractivity contribution in [2.75, 3.05) is 6.61 Å². The van der Waals surface area contributed by atoms with E-state index < -0.39 is 0 Å². The van der Waals surface area contributed by atoms with E-state index in [1.807, 2.05) is 6.92 Å². The van der Waals surface area contributed by atoms with Crippen molar-refractivity contribution in [2.45, 2.75) is 45.1 Å². The number of hydrogen-bond donors (Lipinski definition) is 2. The van der Waals surface area contributed by atoms with E-state index in [9.17, 15) is 0 Å². The van der Waals surface area contributed by atoms with Gasteiger partial charge >= 0.3 is 0 Å². The third kappa shape index (κ3) is 7.92. The van der Waals surface area contributed by atoms with Gasteiger partial charge in [0.05, 0.1) is 0 Å². The Morgan fingerprint density at radius 2 is 1.80 bits per heavy atom. The molecule has 0 aliphatic carbocycles. The first-order chi connectivity index (χ1) is 4.77. The molecule has 3 N–H and O–H groups in total. The average Bonchev–Trinajstić information content (AvgIpc) is 1.87. The lowest BCUT2D eigenvalue weighted by atomic mass is 10.1. The van der Waals surface area contributed by atoms with Gasteiger partial charge in [-0.05, 0) is 19.8 Å². The Hall–Kier alpha value is -0.0800. The maximum absolute atomic E-state index is 8.45. The van der Waals surface area contributed by atoms with Crippen LogP contribution in [0.3, 0.4) is 0 Å². The van der Waals surface area contributed by atoms with Crippen LogP contribution in [0.15, 0.2) is 0 Å². The fraction of sp³-hybridized carbons (Fsp3) is 1.00. The Bertz CT molecular complexity index is 64.3. The van der Waals surface area contributed by atoms with Crippen molar-refractivity contribution in [3.8, 4) is 0 Å². The Balaban J connectivity index is 2.77. The van der Waals surface area contributed by atoms with Crippen LogP contribution in [0.1, 0.15) is 39.0 Å². The fourth-order valence-corrected chi connectivity index (χ4v) is 0.932. The molecule has 0 spiro atoms. The lowest BCUT2D eigenvalue weighted by Crippen LogP contribution is -2.13. The van der Waals surface area contributed by atoms with Crippen LogP contribution >= 0.6 is 0 Å². The standard InChI is InChI=1S/C8H19NO/c1-8(9)6-4-2-3-5-7-10/h8,10H,2-7,9H2,1H3/t8-/m1/s1. The monoisotopic (exact) mass is 145 g/mol. The summed E-state index contributed by atoms with van der Waals surface area (Å²) in [6.45, 7) is 2.37. The molecule has 0 bridgehead atoms. The van der Waals surface area contributed by atoms with Gasteiger partial charge in [-0.3, -0.25) is 0 Å². The molecule has 10 heavy (non-hydrogen) atoms. The third-order valence-corrected chi connectivity index (χ3v) is 1.57. The van der Waals surface area contributed by atoms with Crippen LogP contribution in [0.5, 0.6) is 0 Å². The van der Waals surface area contributed by atoms with E-state index in [1.54, 1.807) is 0 Å². The zero-order chi connectivity index (χ0) is 7.82. The minimum atomic E-state index is 0.332. The van der Waals surface area contributed by atoms with E-state index in [0.717, 1.165) is 19.3 Å². The van der Waals surface area contributed by atoms with Crippen molar-refractivity contribution in [3.05, 3.63) is 0 Å². The molecule has 0 fully saturated rings. The third-order valence-electron chi connectivity index (χ3n) is 1.57. The fourth-order valence-electron chi connectivity index (χ4n) is 0.932. The molecule has 62 valence electrons. The molecule has 0 aliphatic rings. The second kappa shape index (κ2) is 7.03. The van der Waals surface area contributed by atoms with Crippen LogP contribution in [0.4, 0.5) is 0 Å². The normalized spacial score (nSPS) is 13.5. The highest BCUT2D eigenvalue weighted by Gasteiger charge is 1.93. The van der Waals surface area contributed by atoms with E-state index in [1.165, 1.54) is 12.8 Å². The first kappa shape index (κ1) is 9.92. The average molecular weight is 145 g/mol. The molecular formula is C8H19NO. The van der Waals surface area contributed by atoms with Gasteiger partial charge in [0.15, 0.2) is 0 Å². The molecule has 0 aliphatic heterocycles. The molecule has 0 aromatic carbocycles. The quantitative estimate of drug-likeness (QED) is 0.553. The summed E-state index contributed by atoms with van der Waals surface area (Å²) in [5.74, 6) is 0. The van der Waals surface area contributed by atoms with Gasteiger partial charge in [0, 0.05) is 12.6 Å². The molecule has 0 amide bonds. The zero-order valence-electron chi connectivity index (χ0n) is 6.84. The van der Waals surface area contributed by atoms with Crippen LogP contribution < -0.4 is 5.73 Å². The molecule has 0 radical (unpaired) electrons. The Morgan fingerprint density at radius 1 is 1.20 bits per heavy atom. The minimum Gasteiger partial charge on any atom is -0.396 e. The molecule has 2 nitrogen and oxygen atoms in total.